The molecule has 4 heteroatoms. The van der Waals surface area contributed by atoms with E-state index in [-0.39, 0.29) is 0 Å². The fourth-order valence-corrected chi connectivity index (χ4v) is 2.90. The molecule has 0 spiro atoms. The van der Waals surface area contributed by atoms with Crippen molar-refractivity contribution in [2.24, 2.45) is 11.8 Å². The summed E-state index contributed by atoms with van der Waals surface area (Å²) < 4.78 is 5.63. The molecule has 2 rings (SSSR count). The minimum Gasteiger partial charge on any atom is -0.494 e. The highest BCUT2D eigenvalue weighted by atomic mass is 16.5. The maximum Gasteiger partial charge on any atom is 0.307 e. The first-order valence-corrected chi connectivity index (χ1v) is 9.07. The summed E-state index contributed by atoms with van der Waals surface area (Å²) in [5.74, 6) is -1.47. The maximum atomic E-state index is 11.8. The Kier molecular flexibility index (Phi) is 7.87. The molecule has 0 amide bonds. The number of ether oxygens (including phenoxy) is 1. The van der Waals surface area contributed by atoms with Crippen LogP contribution in [0, 0.1) is 11.8 Å². The van der Waals surface area contributed by atoms with Crippen molar-refractivity contribution in [3.8, 4) is 5.75 Å². The number of rotatable bonds is 11. The SMILES string of the molecule is CCCCOc1ccc(C[C@@H](C(=O)O)[C@@H](C=O)Cc2ccccc2)cc1. The second-order valence-electron chi connectivity index (χ2n) is 6.48. The number of unbranched alkanes of at least 4 members (excludes halogenated alkanes) is 1. The number of aldehydes is 1. The summed E-state index contributed by atoms with van der Waals surface area (Å²) in [6.07, 6.45) is 3.60. The number of carboxylic acids is 1. The molecule has 0 radical (unpaired) electrons. The molecule has 2 atom stereocenters. The monoisotopic (exact) mass is 354 g/mol. The lowest BCUT2D eigenvalue weighted by atomic mass is 9.83. The van der Waals surface area contributed by atoms with Crippen molar-refractivity contribution >= 4 is 12.3 Å². The van der Waals surface area contributed by atoms with Gasteiger partial charge in [-0.1, -0.05) is 55.8 Å². The normalized spacial score (nSPS) is 13.0. The van der Waals surface area contributed by atoms with Gasteiger partial charge in [0.05, 0.1) is 12.5 Å². The van der Waals surface area contributed by atoms with E-state index in [9.17, 15) is 14.7 Å². The van der Waals surface area contributed by atoms with Crippen molar-refractivity contribution in [2.75, 3.05) is 6.61 Å². The minimum atomic E-state index is -0.943. The number of aliphatic carboxylic acids is 1. The Morgan fingerprint density at radius 1 is 1.04 bits per heavy atom. The lowest BCUT2D eigenvalue weighted by molar-refractivity contribution is -0.145. The molecular weight excluding hydrogens is 328 g/mol. The van der Waals surface area contributed by atoms with E-state index in [1.54, 1.807) is 0 Å². The average Bonchev–Trinajstić information content (AvgIpc) is 2.66. The number of benzene rings is 2. The van der Waals surface area contributed by atoms with Gasteiger partial charge in [0.2, 0.25) is 0 Å². The topological polar surface area (TPSA) is 63.6 Å². The molecule has 1 N–H and O–H groups in total. The van der Waals surface area contributed by atoms with E-state index in [1.165, 1.54) is 0 Å². The number of carboxylic acid groups (broad SMARTS) is 1. The third kappa shape index (κ3) is 6.03. The van der Waals surface area contributed by atoms with Crippen LogP contribution < -0.4 is 4.74 Å². The molecule has 2 aromatic rings. The third-order valence-corrected chi connectivity index (χ3v) is 4.47. The first-order valence-electron chi connectivity index (χ1n) is 9.07. The highest BCUT2D eigenvalue weighted by Crippen LogP contribution is 2.23. The van der Waals surface area contributed by atoms with Gasteiger partial charge >= 0.3 is 5.97 Å². The number of carbonyl (C=O) groups excluding carboxylic acids is 1. The summed E-state index contributed by atoms with van der Waals surface area (Å²) in [6, 6.07) is 17.0. The van der Waals surface area contributed by atoms with Gasteiger partial charge in [-0.3, -0.25) is 4.79 Å². The van der Waals surface area contributed by atoms with Crippen LogP contribution in [0.4, 0.5) is 0 Å². The van der Waals surface area contributed by atoms with Crippen molar-refractivity contribution in [2.45, 2.75) is 32.6 Å². The molecule has 4 nitrogen and oxygen atoms in total. The quantitative estimate of drug-likeness (QED) is 0.486. The van der Waals surface area contributed by atoms with Crippen LogP contribution in [0.1, 0.15) is 30.9 Å². The Morgan fingerprint density at radius 2 is 1.69 bits per heavy atom. The fraction of sp³-hybridized carbons (Fsp3) is 0.364. The average molecular weight is 354 g/mol. The van der Waals surface area contributed by atoms with Crippen molar-refractivity contribution in [1.29, 1.82) is 0 Å². The highest BCUT2D eigenvalue weighted by Gasteiger charge is 2.28. The van der Waals surface area contributed by atoms with Crippen LogP contribution in [-0.4, -0.2) is 24.0 Å². The Bertz CT molecular complexity index is 679. The Hall–Kier alpha value is -2.62. The molecular formula is C22H26O4. The summed E-state index contributed by atoms with van der Waals surface area (Å²) in [4.78, 5) is 23.3. The van der Waals surface area contributed by atoms with E-state index in [1.807, 2.05) is 54.6 Å². The second kappa shape index (κ2) is 10.4. The van der Waals surface area contributed by atoms with E-state index in [2.05, 4.69) is 6.92 Å². The third-order valence-electron chi connectivity index (χ3n) is 4.47. The smallest absolute Gasteiger partial charge is 0.307 e. The van der Waals surface area contributed by atoms with E-state index >= 15 is 0 Å². The van der Waals surface area contributed by atoms with Gasteiger partial charge in [0, 0.05) is 5.92 Å². The number of carbonyl (C=O) groups is 2. The van der Waals surface area contributed by atoms with E-state index in [0.29, 0.717) is 19.4 Å². The van der Waals surface area contributed by atoms with Crippen LogP contribution in [0.2, 0.25) is 0 Å². The van der Waals surface area contributed by atoms with Crippen molar-refractivity contribution < 1.29 is 19.4 Å². The van der Waals surface area contributed by atoms with Gasteiger partial charge in [-0.15, -0.1) is 0 Å². The summed E-state index contributed by atoms with van der Waals surface area (Å²) in [7, 11) is 0. The molecule has 0 aliphatic rings. The zero-order valence-corrected chi connectivity index (χ0v) is 15.1. The van der Waals surface area contributed by atoms with Crippen LogP contribution in [0.5, 0.6) is 5.75 Å². The molecule has 0 aliphatic carbocycles. The maximum absolute atomic E-state index is 11.8. The number of hydrogen-bond donors (Lipinski definition) is 1. The van der Waals surface area contributed by atoms with Crippen LogP contribution in [0.3, 0.4) is 0 Å². The number of hydrogen-bond acceptors (Lipinski definition) is 3. The molecule has 0 heterocycles. The van der Waals surface area contributed by atoms with Gasteiger partial charge < -0.3 is 14.6 Å². The van der Waals surface area contributed by atoms with Crippen LogP contribution in [-0.2, 0) is 22.4 Å². The van der Waals surface area contributed by atoms with Crippen molar-refractivity contribution in [3.05, 3.63) is 65.7 Å². The van der Waals surface area contributed by atoms with Gasteiger partial charge in [-0.25, -0.2) is 0 Å². The zero-order valence-electron chi connectivity index (χ0n) is 15.1. The standard InChI is InChI=1S/C22H26O4/c1-2-3-13-26-20-11-9-18(10-12-20)15-21(22(24)25)19(16-23)14-17-7-5-4-6-8-17/h4-12,16,19,21H,2-3,13-15H2,1H3,(H,24,25)/t19-,21-/m1/s1. The molecule has 0 aliphatic heterocycles. The molecule has 2 aromatic carbocycles. The molecule has 26 heavy (non-hydrogen) atoms. The first kappa shape index (κ1) is 19.7. The van der Waals surface area contributed by atoms with E-state index < -0.39 is 17.8 Å². The summed E-state index contributed by atoms with van der Waals surface area (Å²) >= 11 is 0. The predicted octanol–water partition coefficient (Wildman–Crippen LogP) is 4.17. The minimum absolute atomic E-state index is 0.320. The van der Waals surface area contributed by atoms with Gasteiger partial charge in [0.25, 0.3) is 0 Å². The lowest BCUT2D eigenvalue weighted by Crippen LogP contribution is -2.28. The Labute approximate surface area is 154 Å². The Morgan fingerprint density at radius 3 is 2.27 bits per heavy atom. The summed E-state index contributed by atoms with van der Waals surface area (Å²) in [5, 5.41) is 9.63. The molecule has 0 aromatic heterocycles. The van der Waals surface area contributed by atoms with Gasteiger partial charge in [-0.2, -0.15) is 0 Å². The summed E-state index contributed by atoms with van der Waals surface area (Å²) in [6.45, 7) is 2.79. The van der Waals surface area contributed by atoms with Gasteiger partial charge in [0.15, 0.2) is 0 Å². The van der Waals surface area contributed by atoms with E-state index in [0.717, 1.165) is 36.0 Å². The second-order valence-corrected chi connectivity index (χ2v) is 6.48. The molecule has 0 bridgehead atoms. The lowest BCUT2D eigenvalue weighted by Gasteiger charge is -2.19. The first-order chi connectivity index (χ1) is 12.6. The van der Waals surface area contributed by atoms with Crippen LogP contribution in [0.15, 0.2) is 54.6 Å². The fourth-order valence-electron chi connectivity index (χ4n) is 2.90. The van der Waals surface area contributed by atoms with Crippen molar-refractivity contribution in [1.82, 2.24) is 0 Å². The molecule has 0 fully saturated rings. The van der Waals surface area contributed by atoms with Gasteiger partial charge in [-0.05, 0) is 42.5 Å². The van der Waals surface area contributed by atoms with Crippen molar-refractivity contribution in [3.63, 3.8) is 0 Å². The molecule has 0 saturated heterocycles. The summed E-state index contributed by atoms with van der Waals surface area (Å²) in [5.41, 5.74) is 1.86. The van der Waals surface area contributed by atoms with Crippen LogP contribution in [0.25, 0.3) is 0 Å². The largest absolute Gasteiger partial charge is 0.494 e. The van der Waals surface area contributed by atoms with Gasteiger partial charge in [0.1, 0.15) is 12.0 Å². The van der Waals surface area contributed by atoms with E-state index in [4.69, 9.17) is 4.74 Å². The molecule has 0 unspecified atom stereocenters. The zero-order chi connectivity index (χ0) is 18.8. The van der Waals surface area contributed by atoms with Crippen LogP contribution >= 0.6 is 0 Å². The highest BCUT2D eigenvalue weighted by molar-refractivity contribution is 5.75. The Balaban J connectivity index is 2.04. The molecule has 138 valence electrons. The predicted molar refractivity (Wildman–Crippen MR) is 101 cm³/mol. The molecule has 0 saturated carbocycles.